The highest BCUT2D eigenvalue weighted by molar-refractivity contribution is 5.91. The minimum Gasteiger partial charge on any atom is -0.496 e. The van der Waals surface area contributed by atoms with E-state index in [1.807, 2.05) is 66.7 Å². The SMILES string of the molecule is COc1c(Cc2ccccc2)cc(C(=O)O)c(Cc2ccccc2)c1Cc1ccccc1. The predicted molar refractivity (Wildman–Crippen MR) is 128 cm³/mol. The summed E-state index contributed by atoms with van der Waals surface area (Å²) in [4.78, 5) is 12.4. The molecule has 3 nitrogen and oxygen atoms in total. The average molecular weight is 423 g/mol. The Morgan fingerprint density at radius 3 is 1.56 bits per heavy atom. The van der Waals surface area contributed by atoms with Crippen molar-refractivity contribution in [3.05, 3.63) is 136 Å². The van der Waals surface area contributed by atoms with Gasteiger partial charge in [0.15, 0.2) is 0 Å². The van der Waals surface area contributed by atoms with Gasteiger partial charge in [0, 0.05) is 18.4 Å². The lowest BCUT2D eigenvalue weighted by Crippen LogP contribution is -2.12. The van der Waals surface area contributed by atoms with E-state index in [-0.39, 0.29) is 0 Å². The van der Waals surface area contributed by atoms with Crippen LogP contribution in [0.3, 0.4) is 0 Å². The first-order valence-corrected chi connectivity index (χ1v) is 10.7. The van der Waals surface area contributed by atoms with E-state index in [2.05, 4.69) is 24.3 Å². The van der Waals surface area contributed by atoms with Crippen LogP contribution in [-0.4, -0.2) is 18.2 Å². The minimum atomic E-state index is -0.915. The fourth-order valence-corrected chi connectivity index (χ4v) is 4.20. The van der Waals surface area contributed by atoms with E-state index in [0.717, 1.165) is 39.1 Å². The molecule has 0 unspecified atom stereocenters. The number of carboxylic acids is 1. The van der Waals surface area contributed by atoms with Gasteiger partial charge in [-0.1, -0.05) is 91.0 Å². The van der Waals surface area contributed by atoms with Crippen molar-refractivity contribution in [3.8, 4) is 5.75 Å². The molecule has 160 valence electrons. The number of benzene rings is 4. The van der Waals surface area contributed by atoms with Crippen LogP contribution in [0.25, 0.3) is 0 Å². The summed E-state index contributed by atoms with van der Waals surface area (Å²) in [5, 5.41) is 10.1. The van der Waals surface area contributed by atoms with E-state index < -0.39 is 5.97 Å². The van der Waals surface area contributed by atoms with Crippen LogP contribution in [0.15, 0.2) is 97.1 Å². The second-order valence-corrected chi connectivity index (χ2v) is 7.87. The summed E-state index contributed by atoms with van der Waals surface area (Å²) in [5.74, 6) is -0.143. The average Bonchev–Trinajstić information content (AvgIpc) is 2.82. The van der Waals surface area contributed by atoms with Gasteiger partial charge in [0.25, 0.3) is 0 Å². The maximum absolute atomic E-state index is 12.4. The molecule has 0 atom stereocenters. The zero-order valence-electron chi connectivity index (χ0n) is 18.1. The Morgan fingerprint density at radius 2 is 1.12 bits per heavy atom. The van der Waals surface area contributed by atoms with E-state index in [1.165, 1.54) is 0 Å². The third-order valence-electron chi connectivity index (χ3n) is 5.69. The largest absolute Gasteiger partial charge is 0.496 e. The lowest BCUT2D eigenvalue weighted by atomic mass is 9.87. The summed E-state index contributed by atoms with van der Waals surface area (Å²) in [7, 11) is 1.67. The zero-order chi connectivity index (χ0) is 22.3. The van der Waals surface area contributed by atoms with Crippen molar-refractivity contribution in [1.29, 1.82) is 0 Å². The molecule has 0 saturated heterocycles. The molecular weight excluding hydrogens is 396 g/mol. The quantitative estimate of drug-likeness (QED) is 0.370. The van der Waals surface area contributed by atoms with Crippen LogP contribution in [0.2, 0.25) is 0 Å². The van der Waals surface area contributed by atoms with E-state index >= 15 is 0 Å². The van der Waals surface area contributed by atoms with Gasteiger partial charge in [-0.25, -0.2) is 4.79 Å². The molecule has 0 aromatic heterocycles. The van der Waals surface area contributed by atoms with Gasteiger partial charge in [-0.05, 0) is 40.3 Å². The lowest BCUT2D eigenvalue weighted by molar-refractivity contribution is 0.0695. The molecule has 3 heteroatoms. The van der Waals surface area contributed by atoms with Crippen LogP contribution >= 0.6 is 0 Å². The molecule has 0 radical (unpaired) electrons. The standard InChI is InChI=1S/C29H26O3/c1-32-28-24(17-21-11-5-2-6-12-21)20-27(29(30)31)25(18-22-13-7-3-8-14-22)26(28)19-23-15-9-4-10-16-23/h2-16,20H,17-19H2,1H3,(H,30,31). The molecule has 1 N–H and O–H groups in total. The second-order valence-electron chi connectivity index (χ2n) is 7.87. The normalized spacial score (nSPS) is 10.7. The number of hydrogen-bond acceptors (Lipinski definition) is 2. The van der Waals surface area contributed by atoms with Gasteiger partial charge in [0.2, 0.25) is 0 Å². The summed E-state index contributed by atoms with van der Waals surface area (Å²) in [6.45, 7) is 0. The molecule has 0 amide bonds. The smallest absolute Gasteiger partial charge is 0.335 e. The van der Waals surface area contributed by atoms with Gasteiger partial charge < -0.3 is 9.84 Å². The number of rotatable bonds is 8. The molecule has 4 aromatic carbocycles. The molecule has 0 fully saturated rings. The van der Waals surface area contributed by atoms with Crippen molar-refractivity contribution >= 4 is 5.97 Å². The highest BCUT2D eigenvalue weighted by atomic mass is 16.5. The fraction of sp³-hybridized carbons (Fsp3) is 0.138. The summed E-state index contributed by atoms with van der Waals surface area (Å²) in [5.41, 5.74) is 6.28. The number of carboxylic acid groups (broad SMARTS) is 1. The van der Waals surface area contributed by atoms with Crippen molar-refractivity contribution in [2.24, 2.45) is 0 Å². The first kappa shape index (κ1) is 21.4. The second kappa shape index (κ2) is 9.97. The van der Waals surface area contributed by atoms with Crippen LogP contribution < -0.4 is 4.74 Å². The Hall–Kier alpha value is -3.85. The number of carbonyl (C=O) groups is 1. The highest BCUT2D eigenvalue weighted by Gasteiger charge is 2.23. The van der Waals surface area contributed by atoms with E-state index in [1.54, 1.807) is 13.2 Å². The third kappa shape index (κ3) is 4.89. The van der Waals surface area contributed by atoms with Gasteiger partial charge in [0.1, 0.15) is 5.75 Å². The number of aromatic carboxylic acids is 1. The van der Waals surface area contributed by atoms with E-state index in [4.69, 9.17) is 4.74 Å². The van der Waals surface area contributed by atoms with Crippen molar-refractivity contribution < 1.29 is 14.6 Å². The van der Waals surface area contributed by atoms with Crippen LogP contribution in [0.4, 0.5) is 0 Å². The van der Waals surface area contributed by atoms with Gasteiger partial charge in [0.05, 0.1) is 12.7 Å². The highest BCUT2D eigenvalue weighted by Crippen LogP contribution is 2.35. The molecule has 0 saturated carbocycles. The Labute approximate surface area is 188 Å². The van der Waals surface area contributed by atoms with Gasteiger partial charge >= 0.3 is 5.97 Å². The van der Waals surface area contributed by atoms with Gasteiger partial charge in [-0.2, -0.15) is 0 Å². The maximum atomic E-state index is 12.4. The van der Waals surface area contributed by atoms with Crippen molar-refractivity contribution in [2.45, 2.75) is 19.3 Å². The molecule has 0 bridgehead atoms. The van der Waals surface area contributed by atoms with Crippen LogP contribution in [0.1, 0.15) is 43.7 Å². The Morgan fingerprint density at radius 1 is 0.688 bits per heavy atom. The van der Waals surface area contributed by atoms with Crippen LogP contribution in [0.5, 0.6) is 5.75 Å². The molecule has 4 aromatic rings. The number of methoxy groups -OCH3 is 1. The minimum absolute atomic E-state index is 0.339. The number of ether oxygens (including phenoxy) is 1. The molecule has 4 rings (SSSR count). The summed E-state index contributed by atoms with van der Waals surface area (Å²) >= 11 is 0. The van der Waals surface area contributed by atoms with Gasteiger partial charge in [-0.3, -0.25) is 0 Å². The molecule has 0 heterocycles. The van der Waals surface area contributed by atoms with Crippen LogP contribution in [0, 0.1) is 0 Å². The van der Waals surface area contributed by atoms with E-state index in [0.29, 0.717) is 24.8 Å². The Kier molecular flexibility index (Phi) is 6.66. The fourth-order valence-electron chi connectivity index (χ4n) is 4.20. The number of hydrogen-bond donors (Lipinski definition) is 1. The lowest BCUT2D eigenvalue weighted by Gasteiger charge is -2.21. The first-order chi connectivity index (χ1) is 15.7. The molecule has 0 aliphatic carbocycles. The molecular formula is C29H26O3. The predicted octanol–water partition coefficient (Wildman–Crippen LogP) is 6.17. The monoisotopic (exact) mass is 422 g/mol. The van der Waals surface area contributed by atoms with Crippen molar-refractivity contribution in [2.75, 3.05) is 7.11 Å². The first-order valence-electron chi connectivity index (χ1n) is 10.7. The maximum Gasteiger partial charge on any atom is 0.335 e. The molecule has 32 heavy (non-hydrogen) atoms. The molecule has 0 aliphatic heterocycles. The van der Waals surface area contributed by atoms with Gasteiger partial charge in [-0.15, -0.1) is 0 Å². The Bertz CT molecular complexity index is 1180. The van der Waals surface area contributed by atoms with E-state index in [9.17, 15) is 9.90 Å². The summed E-state index contributed by atoms with van der Waals surface area (Å²) < 4.78 is 5.94. The van der Waals surface area contributed by atoms with Crippen molar-refractivity contribution in [1.82, 2.24) is 0 Å². The third-order valence-corrected chi connectivity index (χ3v) is 5.69. The molecule has 0 spiro atoms. The van der Waals surface area contributed by atoms with Crippen molar-refractivity contribution in [3.63, 3.8) is 0 Å². The topological polar surface area (TPSA) is 46.5 Å². The zero-order valence-corrected chi connectivity index (χ0v) is 18.1. The van der Waals surface area contributed by atoms with Crippen LogP contribution in [-0.2, 0) is 19.3 Å². The Balaban J connectivity index is 1.90. The summed E-state index contributed by atoms with van der Waals surface area (Å²) in [6, 6.07) is 32.0. The molecule has 0 aliphatic rings. The summed E-state index contributed by atoms with van der Waals surface area (Å²) in [6.07, 6.45) is 1.75.